The van der Waals surface area contributed by atoms with Gasteiger partial charge in [-0.2, -0.15) is 0 Å². The molecular formula is C120H101BN2Si2. The van der Waals surface area contributed by atoms with Crippen LogP contribution in [0, 0.1) is 0 Å². The Hall–Kier alpha value is -13.9. The van der Waals surface area contributed by atoms with Crippen molar-refractivity contribution in [3.63, 3.8) is 0 Å². The highest BCUT2D eigenvalue weighted by Gasteiger charge is 2.49. The number of benzene rings is 18. The number of hydrogen-bond donors (Lipinski definition) is 0. The number of anilines is 6. The third-order valence-electron chi connectivity index (χ3n) is 26.4. The predicted molar refractivity (Wildman–Crippen MR) is 542 cm³/mol. The van der Waals surface area contributed by atoms with Crippen molar-refractivity contribution < 1.29 is 0 Å². The maximum Gasteiger partial charge on any atom is 0.252 e. The first-order valence-corrected chi connectivity index (χ1v) is 48.2. The van der Waals surface area contributed by atoms with Crippen LogP contribution in [-0.2, 0) is 16.2 Å². The van der Waals surface area contributed by atoms with Crippen molar-refractivity contribution in [2.24, 2.45) is 0 Å². The van der Waals surface area contributed by atoms with E-state index in [4.69, 9.17) is 0 Å². The number of hydrogen-bond acceptors (Lipinski definition) is 2. The van der Waals surface area contributed by atoms with Crippen molar-refractivity contribution in [1.82, 2.24) is 0 Å². The van der Waals surface area contributed by atoms with E-state index in [9.17, 15) is 0 Å². The molecule has 0 aromatic heterocycles. The highest BCUT2D eigenvalue weighted by molar-refractivity contribution is 7.20. The summed E-state index contributed by atoms with van der Waals surface area (Å²) in [4.78, 5) is 5.42. The van der Waals surface area contributed by atoms with Gasteiger partial charge in [-0.3, -0.25) is 0 Å². The van der Waals surface area contributed by atoms with Crippen LogP contribution in [-0.4, -0.2) is 22.9 Å². The lowest BCUT2D eigenvalue weighted by atomic mass is 9.33. The first kappa shape index (κ1) is 79.5. The molecule has 0 amide bonds. The van der Waals surface area contributed by atoms with Gasteiger partial charge in [-0.25, -0.2) is 0 Å². The van der Waals surface area contributed by atoms with E-state index in [0.717, 1.165) is 78.6 Å². The normalized spacial score (nSPS) is 12.6. The minimum atomic E-state index is -3.39. The van der Waals surface area contributed by atoms with E-state index in [0.29, 0.717) is 0 Å². The average Bonchev–Trinajstić information content (AvgIpc) is 0.687. The van der Waals surface area contributed by atoms with Crippen LogP contribution in [0.5, 0.6) is 0 Å². The molecule has 0 N–H and O–H groups in total. The van der Waals surface area contributed by atoms with E-state index >= 15 is 0 Å². The summed E-state index contributed by atoms with van der Waals surface area (Å²) >= 11 is 0. The van der Waals surface area contributed by atoms with E-state index in [1.807, 2.05) is 0 Å². The summed E-state index contributed by atoms with van der Waals surface area (Å²) in [6, 6.07) is 172. The average molecular weight is 1640 g/mol. The van der Waals surface area contributed by atoms with E-state index in [2.05, 4.69) is 521 Å². The van der Waals surface area contributed by atoms with Gasteiger partial charge in [-0.05, 0) is 206 Å². The van der Waals surface area contributed by atoms with E-state index in [-0.39, 0.29) is 23.0 Å². The fourth-order valence-electron chi connectivity index (χ4n) is 20.0. The number of rotatable bonds is 17. The molecule has 125 heavy (non-hydrogen) atoms. The zero-order chi connectivity index (χ0) is 85.2. The Bertz CT molecular complexity index is 6870. The summed E-state index contributed by atoms with van der Waals surface area (Å²) in [7, 11) is -6.44. The molecule has 0 saturated carbocycles. The molecule has 18 aromatic rings. The van der Waals surface area contributed by atoms with E-state index < -0.39 is 16.1 Å². The summed E-state index contributed by atoms with van der Waals surface area (Å²) in [6.45, 7) is 21.0. The quantitative estimate of drug-likeness (QED) is 0.0662. The highest BCUT2D eigenvalue weighted by atomic mass is 28.3. The van der Waals surface area contributed by atoms with E-state index in [1.54, 1.807) is 0 Å². The Morgan fingerprint density at radius 1 is 0.176 bits per heavy atom. The van der Waals surface area contributed by atoms with Crippen LogP contribution < -0.4 is 67.7 Å². The summed E-state index contributed by atoms with van der Waals surface area (Å²) in [5.74, 6) is 0. The summed E-state index contributed by atoms with van der Waals surface area (Å²) in [6.07, 6.45) is 0. The van der Waals surface area contributed by atoms with Crippen molar-refractivity contribution >= 4 is 115 Å². The van der Waals surface area contributed by atoms with Gasteiger partial charge in [0.25, 0.3) is 6.71 Å². The monoisotopic (exact) mass is 1640 g/mol. The zero-order valence-corrected chi connectivity index (χ0v) is 74.7. The molecule has 20 rings (SSSR count). The molecule has 18 aromatic carbocycles. The Labute approximate surface area is 741 Å². The maximum absolute atomic E-state index is 3.39. The molecule has 5 heteroatoms. The first-order valence-electron chi connectivity index (χ1n) is 44.2. The molecule has 602 valence electrons. The SMILES string of the molecule is CC(C)(C)c1cc(-c2cc3c4c(c2)N(c2ccc(-c5ccccc5)cc2-c2ccccc2)c2cc([Si](c5ccccc5)(c5ccccc5)c5cccc(-c6ccccc6)c5)ccc2B4c2cc(-c4ccc([Si](c5ccccc5)(c5ccccc5)c5cccc(-c6ccccc6)c5)cc4)ccc2N3c2ccc(C(C)(C)C)cc2-c2ccccc2)cc(C(C)(C)C)c1. The lowest BCUT2D eigenvalue weighted by Crippen LogP contribution is -2.75. The van der Waals surface area contributed by atoms with Crippen LogP contribution in [0.2, 0.25) is 0 Å². The third kappa shape index (κ3) is 14.5. The van der Waals surface area contributed by atoms with Gasteiger partial charge in [0.1, 0.15) is 0 Å². The van der Waals surface area contributed by atoms with Gasteiger partial charge < -0.3 is 9.80 Å². The predicted octanol–water partition coefficient (Wildman–Crippen LogP) is 24.1. The fourth-order valence-corrected chi connectivity index (χ4v) is 29.5. The minimum Gasteiger partial charge on any atom is -0.311 e. The second-order valence-corrected chi connectivity index (χ2v) is 44.7. The van der Waals surface area contributed by atoms with Crippen molar-refractivity contribution in [2.45, 2.75) is 78.6 Å². The van der Waals surface area contributed by atoms with Crippen LogP contribution in [0.25, 0.3) is 77.9 Å². The second-order valence-electron chi connectivity index (χ2n) is 37.1. The van der Waals surface area contributed by atoms with Gasteiger partial charge in [-0.1, -0.05) is 463 Å². The van der Waals surface area contributed by atoms with Crippen LogP contribution in [0.1, 0.15) is 79.0 Å². The molecule has 0 saturated heterocycles. The van der Waals surface area contributed by atoms with Gasteiger partial charge in [0.2, 0.25) is 0 Å². The second kappa shape index (κ2) is 32.4. The largest absolute Gasteiger partial charge is 0.311 e. The van der Waals surface area contributed by atoms with Crippen LogP contribution >= 0.6 is 0 Å². The molecule has 0 unspecified atom stereocenters. The van der Waals surface area contributed by atoms with Crippen LogP contribution in [0.4, 0.5) is 34.1 Å². The molecule has 0 radical (unpaired) electrons. The third-order valence-corrected chi connectivity index (χ3v) is 35.9. The van der Waals surface area contributed by atoms with Crippen molar-refractivity contribution in [2.75, 3.05) is 9.80 Å². The minimum absolute atomic E-state index is 0.155. The van der Waals surface area contributed by atoms with Gasteiger partial charge in [-0.15, -0.1) is 0 Å². The van der Waals surface area contributed by atoms with Gasteiger partial charge in [0, 0.05) is 33.9 Å². The standard InChI is InChI=1S/C120H101BN2Si2/c1-118(2,3)96-65-72-112(108(82-96)89-47-27-14-28-48-89)122-113-71-64-93(87-61-66-103(67-62-87)124(99-51-29-15-30-52-99,100-53-31-16-32-54-100)104-59-37-49-90(75-104)84-39-19-10-20-40-84)78-110(113)121-109-69-68-106(125(101-55-33-17-34-56-101,102-57-35-18-36-58-102)105-60-38-50-91(76-105)85-41-21-11-22-42-85)83-114(109)123(111-70-63-92(86-43-23-12-24-44-86)77-107(111)88-45-25-13-26-46-88)116-80-95(79-115(122)117(116)121)94-73-97(119(4,5)6)81-98(74-94)120(7,8)9/h10-83H,1-9H3. The molecule has 0 spiro atoms. The highest BCUT2D eigenvalue weighted by Crippen LogP contribution is 2.52. The smallest absolute Gasteiger partial charge is 0.252 e. The lowest BCUT2D eigenvalue weighted by molar-refractivity contribution is 0.569. The topological polar surface area (TPSA) is 6.48 Å². The molecule has 2 heterocycles. The molecule has 2 aliphatic rings. The molecule has 2 aliphatic heterocycles. The molecular weight excluding hydrogens is 1540 g/mol. The van der Waals surface area contributed by atoms with Crippen molar-refractivity contribution in [3.05, 3.63) is 466 Å². The Morgan fingerprint density at radius 3 is 0.912 bits per heavy atom. The maximum atomic E-state index is 2.74. The molecule has 0 atom stereocenters. The molecule has 0 bridgehead atoms. The first-order chi connectivity index (χ1) is 60.9. The Morgan fingerprint density at radius 2 is 0.480 bits per heavy atom. The van der Waals surface area contributed by atoms with Crippen molar-refractivity contribution in [3.8, 4) is 77.9 Å². The molecule has 0 aliphatic carbocycles. The van der Waals surface area contributed by atoms with Crippen LogP contribution in [0.15, 0.2) is 449 Å². The van der Waals surface area contributed by atoms with Gasteiger partial charge in [0.05, 0.1) is 11.4 Å². The molecule has 0 fully saturated rings. The number of fused-ring (bicyclic) bond motifs is 4. The Kier molecular flexibility index (Phi) is 20.6. The fraction of sp³-hybridized carbons (Fsp3) is 0.100. The summed E-state index contributed by atoms with van der Waals surface area (Å²) < 4.78 is 0. The van der Waals surface area contributed by atoms with Gasteiger partial charge >= 0.3 is 0 Å². The van der Waals surface area contributed by atoms with E-state index in [1.165, 1.54) is 108 Å². The summed E-state index contributed by atoms with van der Waals surface area (Å²) in [5, 5.41) is 10.5. The Balaban J connectivity index is 0.917. The van der Waals surface area contributed by atoms with Crippen LogP contribution in [0.3, 0.4) is 0 Å². The zero-order valence-electron chi connectivity index (χ0n) is 72.7. The van der Waals surface area contributed by atoms with Crippen molar-refractivity contribution in [1.29, 1.82) is 0 Å². The van der Waals surface area contributed by atoms with Gasteiger partial charge in [0.15, 0.2) is 16.1 Å². The summed E-state index contributed by atoms with van der Waals surface area (Å²) in [5.41, 5.74) is 30.2. The lowest BCUT2D eigenvalue weighted by Gasteiger charge is -2.46. The molecule has 2 nitrogen and oxygen atoms in total. The number of nitrogens with zero attached hydrogens (tertiary/aromatic N) is 2.